The summed E-state index contributed by atoms with van der Waals surface area (Å²) in [6.07, 6.45) is 1.31. The maximum Gasteiger partial charge on any atom is 0.417 e. The Morgan fingerprint density at radius 2 is 2.25 bits per heavy atom. The number of carbonyl (C=O) groups excluding carboxylic acids is 2. The smallest absolute Gasteiger partial charge is 0.417 e. The fourth-order valence-corrected chi connectivity index (χ4v) is 2.14. The fourth-order valence-electron chi connectivity index (χ4n) is 1.21. The van der Waals surface area contributed by atoms with E-state index in [0.29, 0.717) is 0 Å². The zero-order valence-corrected chi connectivity index (χ0v) is 8.05. The van der Waals surface area contributed by atoms with Gasteiger partial charge in [0.15, 0.2) is 0 Å². The molecule has 0 bridgehead atoms. The van der Waals surface area contributed by atoms with Crippen molar-refractivity contribution in [3.05, 3.63) is 0 Å². The highest BCUT2D eigenvalue weighted by atomic mass is 32.2. The van der Waals surface area contributed by atoms with Gasteiger partial charge in [-0.15, -0.1) is 11.8 Å². The second kappa shape index (κ2) is 3.35. The Balaban J connectivity index is 2.66. The van der Waals surface area contributed by atoms with Gasteiger partial charge < -0.3 is 4.74 Å². The quantitative estimate of drug-likeness (QED) is 0.575. The summed E-state index contributed by atoms with van der Waals surface area (Å²) in [6, 6.07) is 0. The molecule has 0 aromatic rings. The summed E-state index contributed by atoms with van der Waals surface area (Å²) in [5.74, 6) is -0.222. The Morgan fingerprint density at radius 1 is 1.67 bits per heavy atom. The lowest BCUT2D eigenvalue weighted by Crippen LogP contribution is -2.60. The van der Waals surface area contributed by atoms with Crippen LogP contribution in [0.5, 0.6) is 0 Å². The number of hydrogen-bond donors (Lipinski definition) is 0. The molecule has 12 heavy (non-hydrogen) atoms. The van der Waals surface area contributed by atoms with Gasteiger partial charge in [-0.05, 0) is 6.26 Å². The minimum absolute atomic E-state index is 0.0510. The van der Waals surface area contributed by atoms with Crippen LogP contribution in [0.15, 0.2) is 0 Å². The maximum atomic E-state index is 11.1. The SMILES string of the molecule is COC(=O)N1C(=O)C(C)C1SC. The highest BCUT2D eigenvalue weighted by molar-refractivity contribution is 7.99. The lowest BCUT2D eigenvalue weighted by atomic mass is 10.0. The van der Waals surface area contributed by atoms with Crippen LogP contribution in [0.25, 0.3) is 0 Å². The van der Waals surface area contributed by atoms with E-state index in [1.54, 1.807) is 0 Å². The zero-order valence-electron chi connectivity index (χ0n) is 7.23. The van der Waals surface area contributed by atoms with Crippen LogP contribution >= 0.6 is 11.8 Å². The van der Waals surface area contributed by atoms with Gasteiger partial charge in [-0.3, -0.25) is 4.79 Å². The van der Waals surface area contributed by atoms with E-state index < -0.39 is 6.09 Å². The van der Waals surface area contributed by atoms with Crippen LogP contribution in [0.1, 0.15) is 6.92 Å². The molecule has 1 aliphatic heterocycles. The molecule has 0 N–H and O–H groups in total. The van der Waals surface area contributed by atoms with Crippen molar-refractivity contribution in [2.75, 3.05) is 13.4 Å². The average molecular weight is 189 g/mol. The minimum Gasteiger partial charge on any atom is -0.452 e. The van der Waals surface area contributed by atoms with Crippen LogP contribution in [0.3, 0.4) is 0 Å². The van der Waals surface area contributed by atoms with Crippen LogP contribution in [-0.2, 0) is 9.53 Å². The van der Waals surface area contributed by atoms with Gasteiger partial charge in [-0.1, -0.05) is 6.92 Å². The topological polar surface area (TPSA) is 46.6 Å². The van der Waals surface area contributed by atoms with Gasteiger partial charge in [0.05, 0.1) is 18.4 Å². The van der Waals surface area contributed by atoms with Gasteiger partial charge in [0.1, 0.15) is 0 Å². The number of likely N-dealkylation sites (tertiary alicyclic amines) is 1. The van der Waals surface area contributed by atoms with Crippen molar-refractivity contribution in [1.82, 2.24) is 4.90 Å². The predicted octanol–water partition coefficient (Wildman–Crippen LogP) is 0.920. The molecular formula is C7H11NO3S. The number of ether oxygens (including phenoxy) is 1. The second-order valence-corrected chi connectivity index (χ2v) is 3.55. The number of β-lactam (4-membered cyclic amide) rings is 1. The van der Waals surface area contributed by atoms with Crippen molar-refractivity contribution in [1.29, 1.82) is 0 Å². The number of carbonyl (C=O) groups is 2. The highest BCUT2D eigenvalue weighted by Crippen LogP contribution is 2.33. The summed E-state index contributed by atoms with van der Waals surface area (Å²) in [5.41, 5.74) is 0. The van der Waals surface area contributed by atoms with Crippen LogP contribution in [0, 0.1) is 5.92 Å². The van der Waals surface area contributed by atoms with Gasteiger partial charge in [-0.25, -0.2) is 9.69 Å². The van der Waals surface area contributed by atoms with Crippen LogP contribution in [0.2, 0.25) is 0 Å². The number of nitrogens with zero attached hydrogens (tertiary/aromatic N) is 1. The number of amides is 2. The first-order chi connectivity index (χ1) is 5.63. The molecule has 0 radical (unpaired) electrons. The Hall–Kier alpha value is -0.710. The highest BCUT2D eigenvalue weighted by Gasteiger charge is 2.48. The number of hydrogen-bond acceptors (Lipinski definition) is 4. The van der Waals surface area contributed by atoms with E-state index in [4.69, 9.17) is 0 Å². The summed E-state index contributed by atoms with van der Waals surface area (Å²) in [5, 5.41) is -0.0510. The summed E-state index contributed by atoms with van der Waals surface area (Å²) in [6.45, 7) is 1.81. The molecule has 0 aliphatic carbocycles. The fraction of sp³-hybridized carbons (Fsp3) is 0.714. The lowest BCUT2D eigenvalue weighted by molar-refractivity contribution is -0.145. The zero-order chi connectivity index (χ0) is 9.30. The normalized spacial score (nSPS) is 28.2. The van der Waals surface area contributed by atoms with Crippen LogP contribution < -0.4 is 0 Å². The number of imide groups is 1. The molecule has 2 amide bonds. The van der Waals surface area contributed by atoms with E-state index in [1.807, 2.05) is 13.2 Å². The number of rotatable bonds is 1. The second-order valence-electron chi connectivity index (χ2n) is 2.59. The first kappa shape index (κ1) is 9.38. The van der Waals surface area contributed by atoms with Crippen molar-refractivity contribution in [2.24, 2.45) is 5.92 Å². The molecule has 0 spiro atoms. The Kier molecular flexibility index (Phi) is 2.62. The number of methoxy groups -OCH3 is 1. The molecule has 1 fully saturated rings. The standard InChI is InChI=1S/C7H11NO3S/c1-4-5(9)8(6(4)12-3)7(10)11-2/h4,6H,1-3H3. The first-order valence-electron chi connectivity index (χ1n) is 3.57. The van der Waals surface area contributed by atoms with Gasteiger partial charge in [0.2, 0.25) is 5.91 Å². The molecule has 68 valence electrons. The van der Waals surface area contributed by atoms with Crippen LogP contribution in [0.4, 0.5) is 4.79 Å². The third kappa shape index (κ3) is 1.18. The molecule has 0 aromatic carbocycles. The van der Waals surface area contributed by atoms with Gasteiger partial charge >= 0.3 is 6.09 Å². The van der Waals surface area contributed by atoms with E-state index in [0.717, 1.165) is 4.90 Å². The molecular weight excluding hydrogens is 178 g/mol. The minimum atomic E-state index is -0.558. The van der Waals surface area contributed by atoms with Crippen LogP contribution in [-0.4, -0.2) is 35.6 Å². The van der Waals surface area contributed by atoms with Crippen molar-refractivity contribution in [3.63, 3.8) is 0 Å². The molecule has 2 atom stereocenters. The molecule has 1 saturated heterocycles. The molecule has 5 heteroatoms. The summed E-state index contributed by atoms with van der Waals surface area (Å²) >= 11 is 1.48. The maximum absolute atomic E-state index is 11.1. The molecule has 1 rings (SSSR count). The summed E-state index contributed by atoms with van der Waals surface area (Å²) < 4.78 is 4.46. The van der Waals surface area contributed by atoms with E-state index in [9.17, 15) is 9.59 Å². The molecule has 2 unspecified atom stereocenters. The monoisotopic (exact) mass is 189 g/mol. The van der Waals surface area contributed by atoms with Gasteiger partial charge in [-0.2, -0.15) is 0 Å². The lowest BCUT2D eigenvalue weighted by Gasteiger charge is -2.41. The predicted molar refractivity (Wildman–Crippen MR) is 45.7 cm³/mol. The van der Waals surface area contributed by atoms with Crippen molar-refractivity contribution >= 4 is 23.8 Å². The first-order valence-corrected chi connectivity index (χ1v) is 4.86. The molecule has 0 saturated carbocycles. The summed E-state index contributed by atoms with van der Waals surface area (Å²) in [7, 11) is 1.27. The van der Waals surface area contributed by atoms with Crippen molar-refractivity contribution in [2.45, 2.75) is 12.3 Å². The van der Waals surface area contributed by atoms with E-state index in [2.05, 4.69) is 4.74 Å². The summed E-state index contributed by atoms with van der Waals surface area (Å²) in [4.78, 5) is 23.3. The average Bonchev–Trinajstić information content (AvgIpc) is 2.11. The number of thioether (sulfide) groups is 1. The Morgan fingerprint density at radius 3 is 2.67 bits per heavy atom. The largest absolute Gasteiger partial charge is 0.452 e. The molecule has 1 heterocycles. The van der Waals surface area contributed by atoms with Gasteiger partial charge in [0.25, 0.3) is 0 Å². The Bertz CT molecular complexity index is 211. The van der Waals surface area contributed by atoms with E-state index >= 15 is 0 Å². The Labute approximate surface area is 75.2 Å². The van der Waals surface area contributed by atoms with Crippen molar-refractivity contribution < 1.29 is 14.3 Å². The molecule has 4 nitrogen and oxygen atoms in total. The molecule has 1 aliphatic rings. The van der Waals surface area contributed by atoms with E-state index in [1.165, 1.54) is 18.9 Å². The van der Waals surface area contributed by atoms with E-state index in [-0.39, 0.29) is 17.2 Å². The third-order valence-corrected chi connectivity index (χ3v) is 3.02. The van der Waals surface area contributed by atoms with Crippen molar-refractivity contribution in [3.8, 4) is 0 Å². The third-order valence-electron chi connectivity index (χ3n) is 1.92. The molecule has 0 aromatic heterocycles. The van der Waals surface area contributed by atoms with Gasteiger partial charge in [0, 0.05) is 0 Å².